The van der Waals surface area contributed by atoms with Crippen molar-refractivity contribution in [3.8, 4) is 5.69 Å². The molecule has 1 heterocycles. The summed E-state index contributed by atoms with van der Waals surface area (Å²) in [6.45, 7) is 1.91. The number of aromatic nitrogens is 2. The van der Waals surface area contributed by atoms with Crippen LogP contribution in [0.1, 0.15) is 24.1 Å². The summed E-state index contributed by atoms with van der Waals surface area (Å²) >= 11 is 0. The van der Waals surface area contributed by atoms with Gasteiger partial charge in [0.15, 0.2) is 0 Å². The fourth-order valence-corrected chi connectivity index (χ4v) is 2.25. The Balaban J connectivity index is 2.25. The Morgan fingerprint density at radius 1 is 1.35 bits per heavy atom. The predicted molar refractivity (Wildman–Crippen MR) is 66.2 cm³/mol. The van der Waals surface area contributed by atoms with E-state index in [1.807, 2.05) is 31.2 Å². The van der Waals surface area contributed by atoms with Gasteiger partial charge in [-0.2, -0.15) is 0 Å². The van der Waals surface area contributed by atoms with Gasteiger partial charge in [-0.1, -0.05) is 18.2 Å². The highest BCUT2D eigenvalue weighted by Crippen LogP contribution is 2.44. The molecule has 0 amide bonds. The van der Waals surface area contributed by atoms with E-state index in [0.29, 0.717) is 0 Å². The van der Waals surface area contributed by atoms with Crippen molar-refractivity contribution in [3.63, 3.8) is 0 Å². The van der Waals surface area contributed by atoms with Gasteiger partial charge in [0.2, 0.25) is 0 Å². The minimum Gasteiger partial charge on any atom is -0.321 e. The molecular weight excluding hydrogens is 214 g/mol. The van der Waals surface area contributed by atoms with Gasteiger partial charge in [-0.15, -0.1) is 0 Å². The minimum absolute atomic E-state index is 0.112. The summed E-state index contributed by atoms with van der Waals surface area (Å²) in [5, 5.41) is 0. The van der Waals surface area contributed by atoms with Gasteiger partial charge in [-0.3, -0.25) is 4.57 Å². The van der Waals surface area contributed by atoms with Crippen molar-refractivity contribution in [2.45, 2.75) is 25.3 Å². The number of para-hydroxylation sites is 1. The Kier molecular flexibility index (Phi) is 2.03. The standard InChI is InChI=1S/C13H15N3O/c1-9-8-15-12(17)16(9)11-5-3-2-4-10(11)13(14)6-7-13/h2-5,8H,6-7,14H2,1H3,(H,15,17). The van der Waals surface area contributed by atoms with Crippen LogP contribution in [0, 0.1) is 6.92 Å². The molecule has 88 valence electrons. The van der Waals surface area contributed by atoms with E-state index in [1.54, 1.807) is 10.8 Å². The number of hydrogen-bond donors (Lipinski definition) is 2. The van der Waals surface area contributed by atoms with E-state index >= 15 is 0 Å². The number of nitrogens with two attached hydrogens (primary N) is 1. The summed E-state index contributed by atoms with van der Waals surface area (Å²) < 4.78 is 1.68. The Hall–Kier alpha value is -1.81. The number of hydrogen-bond acceptors (Lipinski definition) is 2. The van der Waals surface area contributed by atoms with Crippen LogP contribution in [0.15, 0.2) is 35.3 Å². The zero-order chi connectivity index (χ0) is 12.0. The van der Waals surface area contributed by atoms with Gasteiger partial charge < -0.3 is 10.7 Å². The van der Waals surface area contributed by atoms with Crippen molar-refractivity contribution in [1.82, 2.24) is 9.55 Å². The molecule has 0 radical (unpaired) electrons. The largest absolute Gasteiger partial charge is 0.330 e. The third-order valence-electron chi connectivity index (χ3n) is 3.43. The molecule has 4 nitrogen and oxygen atoms in total. The van der Waals surface area contributed by atoms with Crippen LogP contribution < -0.4 is 11.4 Å². The zero-order valence-corrected chi connectivity index (χ0v) is 9.73. The molecule has 0 spiro atoms. The maximum atomic E-state index is 11.8. The first-order valence-corrected chi connectivity index (χ1v) is 5.78. The lowest BCUT2D eigenvalue weighted by atomic mass is 10.0. The molecule has 0 atom stereocenters. The molecule has 4 heteroatoms. The second-order valence-corrected chi connectivity index (χ2v) is 4.74. The molecule has 1 fully saturated rings. The third-order valence-corrected chi connectivity index (χ3v) is 3.43. The molecule has 17 heavy (non-hydrogen) atoms. The molecule has 1 aromatic carbocycles. The number of benzene rings is 1. The summed E-state index contributed by atoms with van der Waals surface area (Å²) in [5.41, 5.74) is 8.76. The van der Waals surface area contributed by atoms with Gasteiger partial charge in [-0.25, -0.2) is 4.79 Å². The fraction of sp³-hybridized carbons (Fsp3) is 0.308. The van der Waals surface area contributed by atoms with Gasteiger partial charge in [-0.05, 0) is 31.4 Å². The van der Waals surface area contributed by atoms with Crippen molar-refractivity contribution >= 4 is 0 Å². The summed E-state index contributed by atoms with van der Waals surface area (Å²) in [7, 11) is 0. The molecule has 0 bridgehead atoms. The molecule has 1 aliphatic carbocycles. The monoisotopic (exact) mass is 229 g/mol. The quantitative estimate of drug-likeness (QED) is 0.818. The second kappa shape index (κ2) is 3.34. The maximum Gasteiger partial charge on any atom is 0.330 e. The van der Waals surface area contributed by atoms with Crippen molar-refractivity contribution in [3.05, 3.63) is 52.2 Å². The highest BCUT2D eigenvalue weighted by atomic mass is 16.1. The van der Waals surface area contributed by atoms with Crippen molar-refractivity contribution in [1.29, 1.82) is 0 Å². The number of rotatable bonds is 2. The lowest BCUT2D eigenvalue weighted by Crippen LogP contribution is -2.24. The summed E-state index contributed by atoms with van der Waals surface area (Å²) in [4.78, 5) is 14.5. The molecule has 0 aliphatic heterocycles. The summed E-state index contributed by atoms with van der Waals surface area (Å²) in [6.07, 6.45) is 3.69. The van der Waals surface area contributed by atoms with E-state index < -0.39 is 0 Å². The summed E-state index contributed by atoms with van der Waals surface area (Å²) in [6, 6.07) is 7.87. The Bertz CT molecular complexity index is 620. The van der Waals surface area contributed by atoms with Gasteiger partial charge in [0.05, 0.1) is 5.69 Å². The highest BCUT2D eigenvalue weighted by molar-refractivity contribution is 5.48. The van der Waals surface area contributed by atoms with Crippen LogP contribution in [0.4, 0.5) is 0 Å². The van der Waals surface area contributed by atoms with Crippen molar-refractivity contribution < 1.29 is 0 Å². The molecule has 3 rings (SSSR count). The van der Waals surface area contributed by atoms with Crippen LogP contribution in [0.25, 0.3) is 5.69 Å². The zero-order valence-electron chi connectivity index (χ0n) is 9.73. The average Bonchev–Trinajstić information content (AvgIpc) is 2.98. The number of imidazole rings is 1. The fourth-order valence-electron chi connectivity index (χ4n) is 2.25. The molecule has 1 aliphatic rings. The van der Waals surface area contributed by atoms with E-state index in [0.717, 1.165) is 29.8 Å². The third kappa shape index (κ3) is 1.52. The van der Waals surface area contributed by atoms with E-state index in [2.05, 4.69) is 4.98 Å². The number of H-pyrrole nitrogens is 1. The molecule has 0 saturated heterocycles. The molecule has 1 saturated carbocycles. The van der Waals surface area contributed by atoms with Gasteiger partial charge >= 0.3 is 5.69 Å². The molecule has 0 unspecified atom stereocenters. The van der Waals surface area contributed by atoms with Crippen molar-refractivity contribution in [2.24, 2.45) is 5.73 Å². The predicted octanol–water partition coefficient (Wildman–Crippen LogP) is 1.42. The SMILES string of the molecule is Cc1c[nH]c(=O)n1-c1ccccc1C1(N)CC1. The van der Waals surface area contributed by atoms with Gasteiger partial charge in [0.1, 0.15) is 0 Å². The average molecular weight is 229 g/mol. The lowest BCUT2D eigenvalue weighted by molar-refractivity contribution is 0.726. The first kappa shape index (κ1) is 10.4. The van der Waals surface area contributed by atoms with Gasteiger partial charge in [0.25, 0.3) is 0 Å². The van der Waals surface area contributed by atoms with E-state index in [-0.39, 0.29) is 11.2 Å². The molecule has 1 aromatic heterocycles. The molecule has 3 N–H and O–H groups in total. The Labute approximate surface area is 99.1 Å². The lowest BCUT2D eigenvalue weighted by Gasteiger charge is -2.15. The smallest absolute Gasteiger partial charge is 0.321 e. The first-order chi connectivity index (χ1) is 8.12. The summed E-state index contributed by atoms with van der Waals surface area (Å²) in [5.74, 6) is 0. The van der Waals surface area contributed by atoms with Crippen LogP contribution in [-0.2, 0) is 5.54 Å². The van der Waals surface area contributed by atoms with Crippen molar-refractivity contribution in [2.75, 3.05) is 0 Å². The van der Waals surface area contributed by atoms with E-state index in [9.17, 15) is 4.79 Å². The Morgan fingerprint density at radius 3 is 2.65 bits per heavy atom. The number of aromatic amines is 1. The van der Waals surface area contributed by atoms with E-state index in [1.165, 1.54) is 0 Å². The van der Waals surface area contributed by atoms with Crippen LogP contribution in [0.3, 0.4) is 0 Å². The molecular formula is C13H15N3O. The number of aryl methyl sites for hydroxylation is 1. The van der Waals surface area contributed by atoms with Gasteiger partial charge in [0, 0.05) is 17.4 Å². The number of nitrogens with zero attached hydrogens (tertiary/aromatic N) is 1. The van der Waals surface area contributed by atoms with E-state index in [4.69, 9.17) is 5.73 Å². The first-order valence-electron chi connectivity index (χ1n) is 5.78. The van der Waals surface area contributed by atoms with Crippen LogP contribution in [-0.4, -0.2) is 9.55 Å². The molecule has 2 aromatic rings. The Morgan fingerprint density at radius 2 is 2.06 bits per heavy atom. The van der Waals surface area contributed by atoms with Crippen LogP contribution >= 0.6 is 0 Å². The second-order valence-electron chi connectivity index (χ2n) is 4.74. The van der Waals surface area contributed by atoms with Crippen LogP contribution in [0.5, 0.6) is 0 Å². The normalized spacial score (nSPS) is 17.1. The maximum absolute atomic E-state index is 11.8. The minimum atomic E-state index is -0.236. The topological polar surface area (TPSA) is 63.8 Å². The number of nitrogens with one attached hydrogen (secondary N) is 1. The van der Waals surface area contributed by atoms with Crippen LogP contribution in [0.2, 0.25) is 0 Å². The highest BCUT2D eigenvalue weighted by Gasteiger charge is 2.41.